The van der Waals surface area contributed by atoms with Crippen LogP contribution < -0.4 is 10.6 Å². The average molecular weight is 337 g/mol. The van der Waals surface area contributed by atoms with E-state index in [4.69, 9.17) is 9.15 Å². The van der Waals surface area contributed by atoms with Gasteiger partial charge < -0.3 is 14.5 Å². The number of urea groups is 1. The molecule has 8 nitrogen and oxygen atoms in total. The molecule has 2 rings (SSSR count). The maximum atomic E-state index is 11.8. The molecule has 2 aromatic rings. The molecule has 2 aromatic heterocycles. The van der Waals surface area contributed by atoms with Gasteiger partial charge in [0.2, 0.25) is 0 Å². The fraction of sp³-hybridized carbons (Fsp3) is 0.286. The van der Waals surface area contributed by atoms with Crippen LogP contribution in [0.15, 0.2) is 22.8 Å². The Morgan fingerprint density at radius 2 is 2.13 bits per heavy atom. The fourth-order valence-corrected chi connectivity index (χ4v) is 2.52. The Bertz CT molecular complexity index is 708. The third-order valence-electron chi connectivity index (χ3n) is 2.68. The molecule has 0 saturated carbocycles. The predicted octanol–water partition coefficient (Wildman–Crippen LogP) is 1.54. The van der Waals surface area contributed by atoms with Crippen LogP contribution >= 0.6 is 11.3 Å². The van der Waals surface area contributed by atoms with Crippen molar-refractivity contribution in [1.29, 1.82) is 0 Å². The summed E-state index contributed by atoms with van der Waals surface area (Å²) in [5.41, 5.74) is 0.550. The van der Waals surface area contributed by atoms with Crippen LogP contribution in [0.2, 0.25) is 0 Å². The molecule has 2 heterocycles. The molecular formula is C14H15N3O5S. The zero-order chi connectivity index (χ0) is 16.8. The number of aryl methyl sites for hydroxylation is 2. The van der Waals surface area contributed by atoms with Crippen molar-refractivity contribution in [3.8, 4) is 0 Å². The van der Waals surface area contributed by atoms with Crippen molar-refractivity contribution in [2.75, 3.05) is 6.61 Å². The van der Waals surface area contributed by atoms with Crippen LogP contribution in [0.4, 0.5) is 4.79 Å². The van der Waals surface area contributed by atoms with Gasteiger partial charge in [0.1, 0.15) is 10.6 Å². The van der Waals surface area contributed by atoms with Crippen molar-refractivity contribution < 1.29 is 23.5 Å². The molecule has 9 heteroatoms. The number of nitrogens with one attached hydrogen (secondary N) is 2. The Labute approximate surface area is 135 Å². The molecule has 0 atom stereocenters. The predicted molar refractivity (Wildman–Crippen MR) is 81.0 cm³/mol. The fourth-order valence-electron chi connectivity index (χ4n) is 1.70. The lowest BCUT2D eigenvalue weighted by atomic mass is 10.4. The van der Waals surface area contributed by atoms with Gasteiger partial charge in [0.25, 0.3) is 5.91 Å². The molecule has 2 N–H and O–H groups in total. The maximum Gasteiger partial charge on any atom is 0.350 e. The number of carbonyl (C=O) groups excluding carboxylic acids is 3. The van der Waals surface area contributed by atoms with E-state index in [1.54, 1.807) is 26.0 Å². The number of ether oxygens (including phenoxy) is 1. The first-order valence-corrected chi connectivity index (χ1v) is 7.48. The van der Waals surface area contributed by atoms with E-state index < -0.39 is 24.5 Å². The number of amides is 3. The second-order valence-corrected chi connectivity index (χ2v) is 5.74. The number of imide groups is 1. The maximum absolute atomic E-state index is 11.8. The van der Waals surface area contributed by atoms with Gasteiger partial charge in [-0.3, -0.25) is 10.1 Å². The first-order valence-electron chi connectivity index (χ1n) is 6.67. The summed E-state index contributed by atoms with van der Waals surface area (Å²) in [5.74, 6) is -0.816. The van der Waals surface area contributed by atoms with Crippen molar-refractivity contribution in [3.63, 3.8) is 0 Å². The molecule has 0 aliphatic heterocycles. The lowest BCUT2D eigenvalue weighted by Crippen LogP contribution is -2.41. The third kappa shape index (κ3) is 4.92. The number of carbonyl (C=O) groups is 3. The first-order chi connectivity index (χ1) is 11.0. The summed E-state index contributed by atoms with van der Waals surface area (Å²) in [4.78, 5) is 39.3. The van der Waals surface area contributed by atoms with Gasteiger partial charge in [-0.05, 0) is 26.0 Å². The summed E-state index contributed by atoms with van der Waals surface area (Å²) in [7, 11) is 0. The lowest BCUT2D eigenvalue weighted by Gasteiger charge is -2.06. The summed E-state index contributed by atoms with van der Waals surface area (Å²) in [6.45, 7) is 3.04. The molecular weight excluding hydrogens is 322 g/mol. The van der Waals surface area contributed by atoms with Crippen LogP contribution in [0.3, 0.4) is 0 Å². The lowest BCUT2D eigenvalue weighted by molar-refractivity contribution is -0.123. The minimum absolute atomic E-state index is 0.144. The molecule has 0 fully saturated rings. The largest absolute Gasteiger partial charge is 0.467 e. The standard InChI is InChI=1S/C14H15N3O5S/c1-8-12(23-9(2)16-8)13(19)22-7-11(18)17-14(20)15-6-10-4-3-5-21-10/h3-5H,6-7H2,1-2H3,(H2,15,17,18,20). The summed E-state index contributed by atoms with van der Waals surface area (Å²) in [6.07, 6.45) is 1.47. The topological polar surface area (TPSA) is 111 Å². The minimum atomic E-state index is -0.728. The Kier molecular flexibility index (Phi) is 5.47. The smallest absolute Gasteiger partial charge is 0.350 e. The number of hydrogen-bond acceptors (Lipinski definition) is 7. The van der Waals surface area contributed by atoms with E-state index in [1.807, 2.05) is 5.32 Å². The van der Waals surface area contributed by atoms with Crippen LogP contribution in [0, 0.1) is 13.8 Å². The molecule has 122 valence electrons. The highest BCUT2D eigenvalue weighted by Gasteiger charge is 2.17. The van der Waals surface area contributed by atoms with Crippen molar-refractivity contribution in [2.24, 2.45) is 0 Å². The summed E-state index contributed by atoms with van der Waals surface area (Å²) >= 11 is 1.19. The summed E-state index contributed by atoms with van der Waals surface area (Å²) in [6, 6.07) is 2.67. The number of furan rings is 1. The van der Waals surface area contributed by atoms with Gasteiger partial charge in [0.15, 0.2) is 6.61 Å². The molecule has 0 aliphatic rings. The number of nitrogens with zero attached hydrogens (tertiary/aromatic N) is 1. The summed E-state index contributed by atoms with van der Waals surface area (Å²) < 4.78 is 9.88. The van der Waals surface area contributed by atoms with E-state index in [0.29, 0.717) is 16.3 Å². The molecule has 0 radical (unpaired) electrons. The highest BCUT2D eigenvalue weighted by molar-refractivity contribution is 7.13. The van der Waals surface area contributed by atoms with Gasteiger partial charge in [0, 0.05) is 0 Å². The van der Waals surface area contributed by atoms with Crippen LogP contribution in [0.5, 0.6) is 0 Å². The Morgan fingerprint density at radius 3 is 2.74 bits per heavy atom. The molecule has 0 unspecified atom stereocenters. The molecule has 23 heavy (non-hydrogen) atoms. The molecule has 3 amide bonds. The highest BCUT2D eigenvalue weighted by atomic mass is 32.1. The van der Waals surface area contributed by atoms with E-state index in [1.165, 1.54) is 17.6 Å². The van der Waals surface area contributed by atoms with Gasteiger partial charge in [-0.2, -0.15) is 0 Å². The number of hydrogen-bond donors (Lipinski definition) is 2. The monoisotopic (exact) mass is 337 g/mol. The Morgan fingerprint density at radius 1 is 1.35 bits per heavy atom. The van der Waals surface area contributed by atoms with Crippen molar-refractivity contribution >= 4 is 29.2 Å². The van der Waals surface area contributed by atoms with E-state index in [9.17, 15) is 14.4 Å². The summed E-state index contributed by atoms with van der Waals surface area (Å²) in [5, 5.41) is 5.22. The second-order valence-electron chi connectivity index (χ2n) is 4.53. The van der Waals surface area contributed by atoms with Crippen molar-refractivity contribution in [3.05, 3.63) is 39.7 Å². The van der Waals surface area contributed by atoms with Crippen LogP contribution in [-0.2, 0) is 16.1 Å². The quantitative estimate of drug-likeness (QED) is 0.801. The van der Waals surface area contributed by atoms with Gasteiger partial charge >= 0.3 is 12.0 Å². The van der Waals surface area contributed by atoms with Crippen LogP contribution in [-0.4, -0.2) is 29.5 Å². The molecule has 0 spiro atoms. The molecule has 0 bridgehead atoms. The minimum Gasteiger partial charge on any atom is -0.467 e. The number of esters is 1. The van der Waals surface area contributed by atoms with Gasteiger partial charge in [0.05, 0.1) is 23.5 Å². The SMILES string of the molecule is Cc1nc(C)c(C(=O)OCC(=O)NC(=O)NCc2ccco2)s1. The van der Waals surface area contributed by atoms with Gasteiger partial charge in [-0.1, -0.05) is 0 Å². The second kappa shape index (κ2) is 7.54. The number of aromatic nitrogens is 1. The van der Waals surface area contributed by atoms with Crippen molar-refractivity contribution in [2.45, 2.75) is 20.4 Å². The average Bonchev–Trinajstić information content (AvgIpc) is 3.12. The molecule has 0 saturated heterocycles. The van der Waals surface area contributed by atoms with E-state index in [-0.39, 0.29) is 6.54 Å². The number of rotatable bonds is 5. The van der Waals surface area contributed by atoms with Crippen LogP contribution in [0.25, 0.3) is 0 Å². The van der Waals surface area contributed by atoms with Crippen molar-refractivity contribution in [1.82, 2.24) is 15.6 Å². The van der Waals surface area contributed by atoms with E-state index in [0.717, 1.165) is 5.01 Å². The van der Waals surface area contributed by atoms with E-state index >= 15 is 0 Å². The van der Waals surface area contributed by atoms with Crippen LogP contribution in [0.1, 0.15) is 26.1 Å². The highest BCUT2D eigenvalue weighted by Crippen LogP contribution is 2.17. The Hall–Kier alpha value is -2.68. The first kappa shape index (κ1) is 16.7. The molecule has 0 aromatic carbocycles. The Balaban J connectivity index is 1.73. The zero-order valence-corrected chi connectivity index (χ0v) is 13.4. The third-order valence-corrected chi connectivity index (χ3v) is 3.73. The number of thiazole rings is 1. The zero-order valence-electron chi connectivity index (χ0n) is 12.5. The van der Waals surface area contributed by atoms with E-state index in [2.05, 4.69) is 10.3 Å². The van der Waals surface area contributed by atoms with Gasteiger partial charge in [-0.15, -0.1) is 11.3 Å². The van der Waals surface area contributed by atoms with Gasteiger partial charge in [-0.25, -0.2) is 14.6 Å². The normalized spacial score (nSPS) is 10.2. The molecule has 0 aliphatic carbocycles.